The van der Waals surface area contributed by atoms with E-state index in [0.717, 1.165) is 48.8 Å². The highest BCUT2D eigenvalue weighted by molar-refractivity contribution is 5.99. The molecule has 1 fully saturated rings. The van der Waals surface area contributed by atoms with Gasteiger partial charge in [-0.1, -0.05) is 18.6 Å². The third-order valence-corrected chi connectivity index (χ3v) is 3.73. The number of benzene rings is 1. The Kier molecular flexibility index (Phi) is 5.05. The van der Waals surface area contributed by atoms with E-state index in [9.17, 15) is 4.79 Å². The van der Waals surface area contributed by atoms with Gasteiger partial charge in [-0.15, -0.1) is 0 Å². The lowest BCUT2D eigenvalue weighted by atomic mass is 10.1. The molecule has 0 aliphatic heterocycles. The number of carbonyl (C=O) groups excluding carboxylic acids is 1. The van der Waals surface area contributed by atoms with Crippen molar-refractivity contribution in [3.05, 3.63) is 29.3 Å². The second-order valence-electron chi connectivity index (χ2n) is 5.77. The quantitative estimate of drug-likeness (QED) is 0.822. The van der Waals surface area contributed by atoms with E-state index < -0.39 is 0 Å². The number of nitrogens with one attached hydrogen (secondary N) is 1. The highest BCUT2D eigenvalue weighted by Gasteiger charge is 2.27. The lowest BCUT2D eigenvalue weighted by molar-refractivity contribution is 0.0748. The highest BCUT2D eigenvalue weighted by Crippen LogP contribution is 2.30. The molecule has 0 unspecified atom stereocenters. The first-order valence-corrected chi connectivity index (χ1v) is 7.79. The number of hydrogen-bond donors (Lipinski definition) is 1. The van der Waals surface area contributed by atoms with Crippen molar-refractivity contribution >= 4 is 11.6 Å². The molecule has 0 saturated heterocycles. The van der Waals surface area contributed by atoms with Gasteiger partial charge in [0, 0.05) is 25.3 Å². The molecule has 110 valence electrons. The number of carbonyl (C=O) groups is 1. The van der Waals surface area contributed by atoms with Crippen LogP contribution in [0, 0.1) is 12.8 Å². The Hall–Kier alpha value is -1.51. The van der Waals surface area contributed by atoms with Crippen LogP contribution in [0.4, 0.5) is 5.69 Å². The van der Waals surface area contributed by atoms with E-state index >= 15 is 0 Å². The molecular formula is C17H26N2O. The monoisotopic (exact) mass is 274 g/mol. The first-order chi connectivity index (χ1) is 9.65. The van der Waals surface area contributed by atoms with Crippen molar-refractivity contribution in [3.8, 4) is 0 Å². The summed E-state index contributed by atoms with van der Waals surface area (Å²) < 4.78 is 0. The number of aryl methyl sites for hydroxylation is 1. The Labute approximate surface area is 122 Å². The van der Waals surface area contributed by atoms with Crippen molar-refractivity contribution in [1.29, 1.82) is 0 Å². The first kappa shape index (κ1) is 14.9. The van der Waals surface area contributed by atoms with Gasteiger partial charge < -0.3 is 10.2 Å². The van der Waals surface area contributed by atoms with Crippen molar-refractivity contribution in [2.24, 2.45) is 5.92 Å². The Morgan fingerprint density at radius 1 is 1.35 bits per heavy atom. The van der Waals surface area contributed by atoms with Crippen LogP contribution < -0.4 is 5.32 Å². The summed E-state index contributed by atoms with van der Waals surface area (Å²) in [5.41, 5.74) is 2.92. The van der Waals surface area contributed by atoms with Crippen molar-refractivity contribution in [2.75, 3.05) is 25.0 Å². The fourth-order valence-electron chi connectivity index (χ4n) is 2.51. The molecule has 0 spiro atoms. The van der Waals surface area contributed by atoms with Crippen LogP contribution in [0.2, 0.25) is 0 Å². The van der Waals surface area contributed by atoms with E-state index in [1.807, 2.05) is 24.0 Å². The van der Waals surface area contributed by atoms with Gasteiger partial charge in [0.15, 0.2) is 0 Å². The topological polar surface area (TPSA) is 32.3 Å². The van der Waals surface area contributed by atoms with Gasteiger partial charge in [-0.2, -0.15) is 0 Å². The van der Waals surface area contributed by atoms with Gasteiger partial charge >= 0.3 is 0 Å². The predicted molar refractivity (Wildman–Crippen MR) is 84.3 cm³/mol. The third kappa shape index (κ3) is 3.75. The summed E-state index contributed by atoms with van der Waals surface area (Å²) in [6.45, 7) is 8.84. The normalized spacial score (nSPS) is 14.2. The number of amides is 1. The number of nitrogens with zero attached hydrogens (tertiary/aromatic N) is 1. The van der Waals surface area contributed by atoms with Crippen LogP contribution in [0.5, 0.6) is 0 Å². The van der Waals surface area contributed by atoms with Gasteiger partial charge in [0.2, 0.25) is 0 Å². The predicted octanol–water partition coefficient (Wildman–Crippen LogP) is 3.69. The Morgan fingerprint density at radius 2 is 2.10 bits per heavy atom. The van der Waals surface area contributed by atoms with E-state index in [1.165, 1.54) is 12.8 Å². The van der Waals surface area contributed by atoms with Crippen LogP contribution in [0.3, 0.4) is 0 Å². The maximum absolute atomic E-state index is 12.8. The largest absolute Gasteiger partial charge is 0.385 e. The standard InChI is InChI=1S/C17H26N2O/c1-4-10-19(12-14-7-8-14)17(20)15-11-13(3)6-9-16(15)18-5-2/h6,9,11,14,18H,4-5,7-8,10,12H2,1-3H3. The maximum Gasteiger partial charge on any atom is 0.255 e. The third-order valence-electron chi connectivity index (χ3n) is 3.73. The Balaban J connectivity index is 2.21. The van der Waals surface area contributed by atoms with E-state index in [4.69, 9.17) is 0 Å². The summed E-state index contributed by atoms with van der Waals surface area (Å²) >= 11 is 0. The van der Waals surface area contributed by atoms with Crippen LogP contribution in [-0.2, 0) is 0 Å². The maximum atomic E-state index is 12.8. The van der Waals surface area contributed by atoms with E-state index in [0.29, 0.717) is 0 Å². The number of hydrogen-bond acceptors (Lipinski definition) is 2. The highest BCUT2D eigenvalue weighted by atomic mass is 16.2. The molecule has 1 amide bonds. The fourth-order valence-corrected chi connectivity index (χ4v) is 2.51. The molecule has 0 heterocycles. The number of anilines is 1. The van der Waals surface area contributed by atoms with E-state index in [1.54, 1.807) is 0 Å². The zero-order valence-electron chi connectivity index (χ0n) is 12.9. The van der Waals surface area contributed by atoms with Crippen LogP contribution >= 0.6 is 0 Å². The first-order valence-electron chi connectivity index (χ1n) is 7.79. The molecule has 1 aromatic rings. The van der Waals surface area contributed by atoms with Crippen LogP contribution in [0.1, 0.15) is 49.0 Å². The minimum Gasteiger partial charge on any atom is -0.385 e. The molecule has 0 radical (unpaired) electrons. The molecule has 0 aromatic heterocycles. The molecule has 2 rings (SSSR count). The minimum atomic E-state index is 0.179. The summed E-state index contributed by atoms with van der Waals surface area (Å²) in [4.78, 5) is 14.9. The number of rotatable bonds is 7. The molecule has 1 aromatic carbocycles. The molecule has 1 aliphatic carbocycles. The lowest BCUT2D eigenvalue weighted by Gasteiger charge is -2.24. The molecule has 20 heavy (non-hydrogen) atoms. The average molecular weight is 274 g/mol. The van der Waals surface area contributed by atoms with Crippen molar-refractivity contribution < 1.29 is 4.79 Å². The summed E-state index contributed by atoms with van der Waals surface area (Å²) in [5, 5.41) is 3.30. The Bertz CT molecular complexity index is 466. The smallest absolute Gasteiger partial charge is 0.255 e. The SMILES string of the molecule is CCCN(CC1CC1)C(=O)c1cc(C)ccc1NCC. The zero-order chi connectivity index (χ0) is 14.5. The summed E-state index contributed by atoms with van der Waals surface area (Å²) in [5.74, 6) is 0.913. The molecule has 3 nitrogen and oxygen atoms in total. The molecule has 1 saturated carbocycles. The molecule has 1 N–H and O–H groups in total. The van der Waals surface area contributed by atoms with Gasteiger partial charge in [0.25, 0.3) is 5.91 Å². The fraction of sp³-hybridized carbons (Fsp3) is 0.588. The van der Waals surface area contributed by atoms with E-state index in [-0.39, 0.29) is 5.91 Å². The second kappa shape index (κ2) is 6.78. The molecule has 0 atom stereocenters. The van der Waals surface area contributed by atoms with Gasteiger partial charge in [-0.05, 0) is 51.2 Å². The van der Waals surface area contributed by atoms with Crippen molar-refractivity contribution in [3.63, 3.8) is 0 Å². The van der Waals surface area contributed by atoms with Crippen LogP contribution in [0.15, 0.2) is 18.2 Å². The van der Waals surface area contributed by atoms with Gasteiger partial charge in [-0.25, -0.2) is 0 Å². The second-order valence-corrected chi connectivity index (χ2v) is 5.77. The van der Waals surface area contributed by atoms with Gasteiger partial charge in [-0.3, -0.25) is 4.79 Å². The molecule has 0 bridgehead atoms. The summed E-state index contributed by atoms with van der Waals surface area (Å²) in [7, 11) is 0. The molecular weight excluding hydrogens is 248 g/mol. The average Bonchev–Trinajstić information content (AvgIpc) is 3.24. The van der Waals surface area contributed by atoms with Gasteiger partial charge in [0.1, 0.15) is 0 Å². The molecule has 1 aliphatic rings. The van der Waals surface area contributed by atoms with Crippen LogP contribution in [0.25, 0.3) is 0 Å². The van der Waals surface area contributed by atoms with E-state index in [2.05, 4.69) is 25.2 Å². The van der Waals surface area contributed by atoms with Gasteiger partial charge in [0.05, 0.1) is 5.56 Å². The van der Waals surface area contributed by atoms with Crippen molar-refractivity contribution in [1.82, 2.24) is 4.90 Å². The zero-order valence-corrected chi connectivity index (χ0v) is 12.9. The summed E-state index contributed by atoms with van der Waals surface area (Å²) in [6.07, 6.45) is 3.57. The molecule has 3 heteroatoms. The Morgan fingerprint density at radius 3 is 2.70 bits per heavy atom. The van der Waals surface area contributed by atoms with Crippen molar-refractivity contribution in [2.45, 2.75) is 40.0 Å². The minimum absolute atomic E-state index is 0.179. The summed E-state index contributed by atoms with van der Waals surface area (Å²) in [6, 6.07) is 6.09. The van der Waals surface area contributed by atoms with Crippen LogP contribution in [-0.4, -0.2) is 30.4 Å². The lowest BCUT2D eigenvalue weighted by Crippen LogP contribution is -2.34.